The minimum absolute atomic E-state index is 0.0333. The number of alkyl halides is 3. The summed E-state index contributed by atoms with van der Waals surface area (Å²) in [7, 11) is 3.01. The third kappa shape index (κ3) is 4.34. The van der Waals surface area contributed by atoms with Gasteiger partial charge in [0.15, 0.2) is 0 Å². The van der Waals surface area contributed by atoms with Gasteiger partial charge in [-0.15, -0.1) is 0 Å². The smallest absolute Gasteiger partial charge is 0.417 e. The van der Waals surface area contributed by atoms with Crippen LogP contribution in [0.2, 0.25) is 5.02 Å². The van der Waals surface area contributed by atoms with Gasteiger partial charge in [-0.05, 0) is 25.1 Å². The lowest BCUT2D eigenvalue weighted by Gasteiger charge is -2.24. The number of methoxy groups -OCH3 is 2. The Balaban J connectivity index is 1.84. The van der Waals surface area contributed by atoms with Gasteiger partial charge in [-0.3, -0.25) is 0 Å². The van der Waals surface area contributed by atoms with Crippen molar-refractivity contribution < 1.29 is 32.2 Å². The average Bonchev–Trinajstić information content (AvgIpc) is 2.96. The fraction of sp³-hybridized carbons (Fsp3) is 0.368. The molecule has 1 aliphatic rings. The number of aromatic nitrogens is 1. The molecule has 2 heterocycles. The van der Waals surface area contributed by atoms with E-state index in [2.05, 4.69) is 10.3 Å². The molecule has 6 nitrogen and oxygen atoms in total. The van der Waals surface area contributed by atoms with Crippen LogP contribution in [0.15, 0.2) is 30.5 Å². The fourth-order valence-corrected chi connectivity index (χ4v) is 3.29. The molecule has 29 heavy (non-hydrogen) atoms. The Hall–Kier alpha value is -2.68. The monoisotopic (exact) mass is 430 g/mol. The van der Waals surface area contributed by atoms with E-state index in [1.54, 1.807) is 25.1 Å². The van der Waals surface area contributed by atoms with Crippen molar-refractivity contribution in [1.29, 1.82) is 0 Å². The van der Waals surface area contributed by atoms with Crippen molar-refractivity contribution in [3.63, 3.8) is 0 Å². The molecule has 0 amide bonds. The van der Waals surface area contributed by atoms with Gasteiger partial charge in [0.25, 0.3) is 0 Å². The highest BCUT2D eigenvalue weighted by Crippen LogP contribution is 2.41. The molecule has 0 saturated carbocycles. The van der Waals surface area contributed by atoms with E-state index in [0.717, 1.165) is 6.07 Å². The number of rotatable bonds is 5. The van der Waals surface area contributed by atoms with Crippen LogP contribution >= 0.6 is 11.6 Å². The Labute approximate surface area is 169 Å². The van der Waals surface area contributed by atoms with Gasteiger partial charge in [-0.25, -0.2) is 9.78 Å². The zero-order chi connectivity index (χ0) is 21.4. The zero-order valence-corrected chi connectivity index (χ0v) is 16.5. The predicted octanol–water partition coefficient (Wildman–Crippen LogP) is 4.41. The van der Waals surface area contributed by atoms with Crippen LogP contribution < -0.4 is 14.8 Å². The number of anilines is 1. The molecule has 0 radical (unpaired) electrons. The van der Waals surface area contributed by atoms with Crippen LogP contribution in [0.3, 0.4) is 0 Å². The quantitative estimate of drug-likeness (QED) is 0.708. The summed E-state index contributed by atoms with van der Waals surface area (Å²) >= 11 is 5.92. The first-order chi connectivity index (χ1) is 13.6. The average molecular weight is 431 g/mol. The Morgan fingerprint density at radius 1 is 1.21 bits per heavy atom. The summed E-state index contributed by atoms with van der Waals surface area (Å²) in [6.07, 6.45) is -3.72. The maximum atomic E-state index is 12.8. The number of ether oxygens (including phenoxy) is 3. The molecule has 1 fully saturated rings. The normalized spacial score (nSPS) is 21.6. The standard InChI is InChI=1S/C19H18ClF3N2O4/c1-18(10-4-12(27-2)7-13(5-10)28-3)8-15(17(26)29-18)25-16-14(20)6-11(9-24-16)19(21,22)23/h4-7,9,15H,8H2,1-3H3,(H,24,25). The van der Waals surface area contributed by atoms with E-state index < -0.39 is 29.4 Å². The second kappa shape index (κ2) is 7.62. The predicted molar refractivity (Wildman–Crippen MR) is 99.3 cm³/mol. The van der Waals surface area contributed by atoms with E-state index in [4.69, 9.17) is 25.8 Å². The number of cyclic esters (lactones) is 1. The highest BCUT2D eigenvalue weighted by molar-refractivity contribution is 6.33. The number of carbonyl (C=O) groups is 1. The first-order valence-corrected chi connectivity index (χ1v) is 8.89. The van der Waals surface area contributed by atoms with Crippen molar-refractivity contribution in [3.8, 4) is 11.5 Å². The van der Waals surface area contributed by atoms with Gasteiger partial charge in [-0.2, -0.15) is 13.2 Å². The second-order valence-corrected chi connectivity index (χ2v) is 7.11. The Morgan fingerprint density at radius 3 is 2.34 bits per heavy atom. The number of benzene rings is 1. The van der Waals surface area contributed by atoms with E-state index in [1.165, 1.54) is 14.2 Å². The molecule has 10 heteroatoms. The first kappa shape index (κ1) is 21.0. The number of hydrogen-bond donors (Lipinski definition) is 1. The minimum atomic E-state index is -4.56. The van der Waals surface area contributed by atoms with Crippen molar-refractivity contribution >= 4 is 23.4 Å². The molecule has 1 saturated heterocycles. The second-order valence-electron chi connectivity index (χ2n) is 6.71. The third-order valence-corrected chi connectivity index (χ3v) is 4.93. The number of nitrogens with zero attached hydrogens (tertiary/aromatic N) is 1. The zero-order valence-electron chi connectivity index (χ0n) is 15.8. The van der Waals surface area contributed by atoms with Gasteiger partial charge in [0.1, 0.15) is 29.0 Å². The third-order valence-electron chi connectivity index (χ3n) is 4.65. The van der Waals surface area contributed by atoms with Gasteiger partial charge in [-0.1, -0.05) is 11.6 Å². The van der Waals surface area contributed by atoms with Crippen LogP contribution in [0.25, 0.3) is 0 Å². The molecule has 1 aliphatic heterocycles. The van der Waals surface area contributed by atoms with Crippen molar-refractivity contribution in [1.82, 2.24) is 4.98 Å². The molecule has 0 bridgehead atoms. The maximum Gasteiger partial charge on any atom is 0.417 e. The minimum Gasteiger partial charge on any atom is -0.497 e. The van der Waals surface area contributed by atoms with Crippen LogP contribution in [0, 0.1) is 0 Å². The van der Waals surface area contributed by atoms with Crippen molar-refractivity contribution in [2.45, 2.75) is 31.2 Å². The van der Waals surface area contributed by atoms with E-state index in [-0.39, 0.29) is 17.3 Å². The molecule has 1 N–H and O–H groups in total. The van der Waals surface area contributed by atoms with Crippen molar-refractivity contribution in [3.05, 3.63) is 46.6 Å². The molecule has 1 aromatic heterocycles. The van der Waals surface area contributed by atoms with Gasteiger partial charge in [0.2, 0.25) is 0 Å². The number of hydrogen-bond acceptors (Lipinski definition) is 6. The van der Waals surface area contributed by atoms with Gasteiger partial charge in [0.05, 0.1) is 24.8 Å². The largest absolute Gasteiger partial charge is 0.497 e. The number of pyridine rings is 1. The van der Waals surface area contributed by atoms with Crippen LogP contribution in [-0.4, -0.2) is 31.2 Å². The fourth-order valence-electron chi connectivity index (χ4n) is 3.07. The van der Waals surface area contributed by atoms with Gasteiger partial charge >= 0.3 is 12.1 Å². The summed E-state index contributed by atoms with van der Waals surface area (Å²) < 4.78 is 54.4. The summed E-state index contributed by atoms with van der Waals surface area (Å²) in [5.74, 6) is 0.446. The number of carbonyl (C=O) groups excluding carboxylic acids is 1. The summed E-state index contributed by atoms with van der Waals surface area (Å²) in [6, 6.07) is 5.04. The molecular weight excluding hydrogens is 413 g/mol. The van der Waals surface area contributed by atoms with E-state index in [9.17, 15) is 18.0 Å². The molecule has 1 aromatic carbocycles. The van der Waals surface area contributed by atoms with Gasteiger partial charge < -0.3 is 19.5 Å². The summed E-state index contributed by atoms with van der Waals surface area (Å²) in [6.45, 7) is 1.72. The maximum absolute atomic E-state index is 12.8. The molecule has 0 aliphatic carbocycles. The molecular formula is C19H18ClF3N2O4. The van der Waals surface area contributed by atoms with E-state index in [0.29, 0.717) is 23.3 Å². The van der Waals surface area contributed by atoms with Crippen LogP contribution in [0.1, 0.15) is 24.5 Å². The number of esters is 1. The molecule has 0 spiro atoms. The van der Waals surface area contributed by atoms with Crippen molar-refractivity contribution in [2.24, 2.45) is 0 Å². The highest BCUT2D eigenvalue weighted by atomic mass is 35.5. The van der Waals surface area contributed by atoms with Crippen LogP contribution in [0.5, 0.6) is 11.5 Å². The Morgan fingerprint density at radius 2 is 1.83 bits per heavy atom. The molecule has 2 unspecified atom stereocenters. The van der Waals surface area contributed by atoms with E-state index >= 15 is 0 Å². The van der Waals surface area contributed by atoms with Crippen LogP contribution in [-0.2, 0) is 21.3 Å². The number of halogens is 4. The summed E-state index contributed by atoms with van der Waals surface area (Å²) in [4.78, 5) is 16.1. The molecule has 2 atom stereocenters. The Bertz CT molecular complexity index is 916. The van der Waals surface area contributed by atoms with Crippen LogP contribution in [0.4, 0.5) is 19.0 Å². The Kier molecular flexibility index (Phi) is 5.53. The first-order valence-electron chi connectivity index (χ1n) is 8.51. The SMILES string of the molecule is COc1cc(OC)cc(C2(C)CC(Nc3ncc(C(F)(F)F)cc3Cl)C(=O)O2)c1. The molecule has 3 rings (SSSR count). The number of nitrogens with one attached hydrogen (secondary N) is 1. The summed E-state index contributed by atoms with van der Waals surface area (Å²) in [5.41, 5.74) is -1.33. The lowest BCUT2D eigenvalue weighted by Crippen LogP contribution is -2.26. The van der Waals surface area contributed by atoms with Crippen molar-refractivity contribution in [2.75, 3.05) is 19.5 Å². The topological polar surface area (TPSA) is 69.7 Å². The molecule has 2 aromatic rings. The molecule has 156 valence electrons. The van der Waals surface area contributed by atoms with Gasteiger partial charge in [0, 0.05) is 24.2 Å². The highest BCUT2D eigenvalue weighted by Gasteiger charge is 2.45. The lowest BCUT2D eigenvalue weighted by atomic mass is 9.91. The van der Waals surface area contributed by atoms with E-state index in [1.807, 2.05) is 0 Å². The lowest BCUT2D eigenvalue weighted by molar-refractivity contribution is -0.148. The summed E-state index contributed by atoms with van der Waals surface area (Å²) in [5, 5.41) is 2.53.